The van der Waals surface area contributed by atoms with E-state index in [-0.39, 0.29) is 5.95 Å². The summed E-state index contributed by atoms with van der Waals surface area (Å²) in [5, 5.41) is 10.2. The predicted molar refractivity (Wildman–Crippen MR) is 111 cm³/mol. The van der Waals surface area contributed by atoms with Crippen LogP contribution in [0.15, 0.2) is 47.3 Å². The zero-order chi connectivity index (χ0) is 19.3. The molecule has 5 rings (SSSR count). The number of halogens is 1. The second-order valence-corrected chi connectivity index (χ2v) is 7.15. The Hall–Kier alpha value is -3.46. The number of nitrogens with two attached hydrogens (primary N) is 1. The van der Waals surface area contributed by atoms with E-state index in [4.69, 9.17) is 10.5 Å². The van der Waals surface area contributed by atoms with Gasteiger partial charge in [-0.15, -0.1) is 10.2 Å². The Bertz CT molecular complexity index is 1340. The van der Waals surface area contributed by atoms with E-state index in [1.807, 2.05) is 36.7 Å². The molecule has 138 valence electrons. The summed E-state index contributed by atoms with van der Waals surface area (Å²) in [6.45, 7) is 0. The van der Waals surface area contributed by atoms with Gasteiger partial charge >= 0.3 is 0 Å². The van der Waals surface area contributed by atoms with Crippen LogP contribution < -0.4 is 10.5 Å². The van der Waals surface area contributed by atoms with E-state index in [1.165, 1.54) is 0 Å². The molecule has 8 nitrogen and oxygen atoms in total. The smallest absolute Gasteiger partial charge is 0.240 e. The maximum absolute atomic E-state index is 5.88. The van der Waals surface area contributed by atoms with E-state index in [9.17, 15) is 0 Å². The van der Waals surface area contributed by atoms with E-state index >= 15 is 0 Å². The first-order chi connectivity index (χ1) is 13.6. The lowest BCUT2D eigenvalue weighted by molar-refractivity contribution is 0.415. The zero-order valence-corrected chi connectivity index (χ0v) is 16.3. The number of H-pyrrole nitrogens is 2. The number of methoxy groups -OCH3 is 1. The summed E-state index contributed by atoms with van der Waals surface area (Å²) >= 11 is 3.47. The normalized spacial score (nSPS) is 11.4. The number of nitrogens with zero attached hydrogens (tertiary/aromatic N) is 4. The zero-order valence-electron chi connectivity index (χ0n) is 14.7. The first-order valence-electron chi connectivity index (χ1n) is 8.43. The highest BCUT2D eigenvalue weighted by Gasteiger charge is 2.19. The van der Waals surface area contributed by atoms with E-state index in [0.29, 0.717) is 11.4 Å². The number of nitrogens with one attached hydrogen (secondary N) is 2. The summed E-state index contributed by atoms with van der Waals surface area (Å²) in [6, 6.07) is 7.80. The summed E-state index contributed by atoms with van der Waals surface area (Å²) in [5.74, 6) is 0.861. The third kappa shape index (κ3) is 2.59. The molecule has 4 N–H and O–H groups in total. The fraction of sp³-hybridized carbons (Fsp3) is 0.0526. The van der Waals surface area contributed by atoms with Crippen molar-refractivity contribution in [2.45, 2.75) is 0 Å². The van der Waals surface area contributed by atoms with Crippen molar-refractivity contribution < 1.29 is 4.74 Å². The first kappa shape index (κ1) is 16.7. The highest BCUT2D eigenvalue weighted by Crippen LogP contribution is 2.37. The molecule has 0 saturated carbocycles. The molecule has 0 unspecified atom stereocenters. The van der Waals surface area contributed by atoms with Crippen LogP contribution >= 0.6 is 15.9 Å². The molecule has 0 spiro atoms. The Morgan fingerprint density at radius 3 is 2.68 bits per heavy atom. The summed E-state index contributed by atoms with van der Waals surface area (Å²) in [4.78, 5) is 15.3. The molecule has 0 saturated heterocycles. The predicted octanol–water partition coefficient (Wildman–Crippen LogP) is 3.92. The summed E-state index contributed by atoms with van der Waals surface area (Å²) in [7, 11) is 1.64. The number of benzene rings is 1. The van der Waals surface area contributed by atoms with Crippen molar-refractivity contribution in [1.29, 1.82) is 0 Å². The minimum absolute atomic E-state index is 0.107. The second-order valence-electron chi connectivity index (χ2n) is 6.23. The lowest BCUT2D eigenvalue weighted by atomic mass is 10.0. The van der Waals surface area contributed by atoms with Gasteiger partial charge in [0.2, 0.25) is 5.95 Å². The lowest BCUT2D eigenvalue weighted by Gasteiger charge is -2.07. The largest absolute Gasteiger partial charge is 0.497 e. The van der Waals surface area contributed by atoms with Crippen LogP contribution in [0.2, 0.25) is 0 Å². The average molecular weight is 436 g/mol. The van der Waals surface area contributed by atoms with E-state index in [1.54, 1.807) is 13.3 Å². The molecule has 4 heterocycles. The van der Waals surface area contributed by atoms with Crippen molar-refractivity contribution in [3.8, 4) is 28.3 Å². The monoisotopic (exact) mass is 435 g/mol. The van der Waals surface area contributed by atoms with Gasteiger partial charge in [-0.1, -0.05) is 0 Å². The molecule has 0 amide bonds. The summed E-state index contributed by atoms with van der Waals surface area (Å²) in [6.07, 6.45) is 5.48. The van der Waals surface area contributed by atoms with Gasteiger partial charge in [-0.3, -0.25) is 0 Å². The van der Waals surface area contributed by atoms with Crippen LogP contribution in [0, 0.1) is 0 Å². The topological polar surface area (TPSA) is 118 Å². The average Bonchev–Trinajstić information content (AvgIpc) is 3.31. The molecular formula is C19H14BrN7O. The van der Waals surface area contributed by atoms with Crippen LogP contribution in [0.5, 0.6) is 5.75 Å². The maximum Gasteiger partial charge on any atom is 0.240 e. The number of hydrogen-bond donors (Lipinski definition) is 3. The van der Waals surface area contributed by atoms with Crippen LogP contribution in [0.3, 0.4) is 0 Å². The molecule has 0 aliphatic heterocycles. The molecule has 0 atom stereocenters. The first-order valence-corrected chi connectivity index (χ1v) is 9.22. The molecule has 4 aromatic heterocycles. The quantitative estimate of drug-likeness (QED) is 0.395. The number of aromatic nitrogens is 6. The minimum atomic E-state index is 0.107. The maximum atomic E-state index is 5.88. The van der Waals surface area contributed by atoms with E-state index in [0.717, 1.165) is 43.3 Å². The highest BCUT2D eigenvalue weighted by atomic mass is 79.9. The molecule has 0 aliphatic rings. The highest BCUT2D eigenvalue weighted by molar-refractivity contribution is 9.10. The van der Waals surface area contributed by atoms with Crippen LogP contribution in [0.1, 0.15) is 0 Å². The number of fused-ring (bicyclic) bond motifs is 2. The van der Waals surface area contributed by atoms with Crippen LogP contribution in [-0.4, -0.2) is 37.2 Å². The number of pyridine rings is 1. The fourth-order valence-electron chi connectivity index (χ4n) is 3.30. The van der Waals surface area contributed by atoms with Crippen molar-refractivity contribution in [1.82, 2.24) is 30.1 Å². The van der Waals surface area contributed by atoms with Crippen LogP contribution in [0.4, 0.5) is 5.95 Å². The van der Waals surface area contributed by atoms with Gasteiger partial charge in [0.15, 0.2) is 0 Å². The lowest BCUT2D eigenvalue weighted by Crippen LogP contribution is -2.02. The van der Waals surface area contributed by atoms with Crippen LogP contribution in [-0.2, 0) is 0 Å². The molecule has 0 fully saturated rings. The molecular weight excluding hydrogens is 422 g/mol. The van der Waals surface area contributed by atoms with Crippen molar-refractivity contribution in [2.24, 2.45) is 0 Å². The van der Waals surface area contributed by atoms with Crippen molar-refractivity contribution in [2.75, 3.05) is 12.8 Å². The van der Waals surface area contributed by atoms with Gasteiger partial charge in [0, 0.05) is 50.5 Å². The molecule has 5 aromatic rings. The number of nitrogen functional groups attached to an aromatic ring is 1. The van der Waals surface area contributed by atoms with Gasteiger partial charge in [0.05, 0.1) is 7.11 Å². The molecule has 0 bridgehead atoms. The Morgan fingerprint density at radius 2 is 1.82 bits per heavy atom. The molecule has 9 heteroatoms. The molecule has 0 aliphatic carbocycles. The second kappa shape index (κ2) is 6.31. The van der Waals surface area contributed by atoms with Crippen molar-refractivity contribution in [3.63, 3.8) is 0 Å². The van der Waals surface area contributed by atoms with E-state index < -0.39 is 0 Å². The van der Waals surface area contributed by atoms with Crippen molar-refractivity contribution in [3.05, 3.63) is 47.3 Å². The Morgan fingerprint density at radius 1 is 1.00 bits per heavy atom. The summed E-state index contributed by atoms with van der Waals surface area (Å²) in [5.41, 5.74) is 10.5. The molecule has 28 heavy (non-hydrogen) atoms. The SMILES string of the molecule is COc1ccc2[nH]cc(-c3nc(N)nnc3-c3c[nH]c4ncc(Br)cc34)c2c1. The number of anilines is 1. The van der Waals surface area contributed by atoms with Gasteiger partial charge in [-0.05, 0) is 40.2 Å². The summed E-state index contributed by atoms with van der Waals surface area (Å²) < 4.78 is 6.25. The van der Waals surface area contributed by atoms with Gasteiger partial charge < -0.3 is 20.4 Å². The third-order valence-corrected chi connectivity index (χ3v) is 5.03. The van der Waals surface area contributed by atoms with Crippen LogP contribution in [0.25, 0.3) is 44.5 Å². The number of ether oxygens (including phenoxy) is 1. The molecule has 1 aromatic carbocycles. The Balaban J connectivity index is 1.80. The molecule has 0 radical (unpaired) electrons. The van der Waals surface area contributed by atoms with Gasteiger partial charge in [-0.2, -0.15) is 0 Å². The van der Waals surface area contributed by atoms with Gasteiger partial charge in [0.25, 0.3) is 0 Å². The van der Waals surface area contributed by atoms with Crippen molar-refractivity contribution >= 4 is 43.8 Å². The van der Waals surface area contributed by atoms with Gasteiger partial charge in [0.1, 0.15) is 22.8 Å². The van der Waals surface area contributed by atoms with E-state index in [2.05, 4.69) is 46.1 Å². The third-order valence-electron chi connectivity index (χ3n) is 4.60. The minimum Gasteiger partial charge on any atom is -0.497 e. The number of aromatic amines is 2. The standard InChI is InChI=1S/C19H14BrN7O/c1-28-10-2-3-15-11(5-10)13(7-22-15)16-17(26-27-19(21)25-16)14-8-24-18-12(14)4-9(20)6-23-18/h2-8,22H,1H3,(H,23,24)(H2,21,25,27). The number of hydrogen-bond acceptors (Lipinski definition) is 6. The van der Waals surface area contributed by atoms with Gasteiger partial charge in [-0.25, -0.2) is 9.97 Å². The Kier molecular flexibility index (Phi) is 3.76. The fourth-order valence-corrected chi connectivity index (χ4v) is 3.64. The Labute approximate surface area is 167 Å². The number of rotatable bonds is 3.